The van der Waals surface area contributed by atoms with E-state index in [9.17, 15) is 9.90 Å². The molecule has 4 N–H and O–H groups in total. The van der Waals surface area contributed by atoms with E-state index in [1.165, 1.54) is 0 Å². The van der Waals surface area contributed by atoms with Crippen LogP contribution in [0.1, 0.15) is 31.4 Å². The molecule has 0 bridgehead atoms. The molecule has 1 amide bonds. The van der Waals surface area contributed by atoms with Gasteiger partial charge >= 0.3 is 0 Å². The third-order valence-electron chi connectivity index (χ3n) is 3.32. The summed E-state index contributed by atoms with van der Waals surface area (Å²) in [5, 5.41) is 13.2. The first-order valence-corrected chi connectivity index (χ1v) is 7.64. The minimum atomic E-state index is -0.868. The molecule has 1 heterocycles. The Morgan fingerprint density at radius 1 is 1.43 bits per heavy atom. The summed E-state index contributed by atoms with van der Waals surface area (Å²) in [6, 6.07) is 3.28. The van der Waals surface area contributed by atoms with Gasteiger partial charge in [0, 0.05) is 19.0 Å². The van der Waals surface area contributed by atoms with Gasteiger partial charge in [-0.2, -0.15) is 0 Å². The highest BCUT2D eigenvalue weighted by Gasteiger charge is 2.19. The van der Waals surface area contributed by atoms with Gasteiger partial charge in [0.25, 0.3) is 0 Å². The lowest BCUT2D eigenvalue weighted by Gasteiger charge is -2.21. The molecule has 6 nitrogen and oxygen atoms in total. The number of nitrogens with one attached hydrogen (secondary N) is 1. The second kappa shape index (κ2) is 9.17. The number of ether oxygens (including phenoxy) is 2. The molecular formula is C15H22Cl2N2O4. The van der Waals surface area contributed by atoms with E-state index < -0.39 is 6.10 Å². The maximum atomic E-state index is 11.6. The van der Waals surface area contributed by atoms with Gasteiger partial charge in [0.05, 0.1) is 11.1 Å². The highest BCUT2D eigenvalue weighted by atomic mass is 35.5. The molecule has 0 fully saturated rings. The molecule has 0 aromatic heterocycles. The molecule has 130 valence electrons. The van der Waals surface area contributed by atoms with E-state index in [0.717, 1.165) is 0 Å². The van der Waals surface area contributed by atoms with Crippen molar-refractivity contribution in [3.05, 3.63) is 22.7 Å². The summed E-state index contributed by atoms with van der Waals surface area (Å²) < 4.78 is 10.9. The molecule has 0 saturated heterocycles. The van der Waals surface area contributed by atoms with Gasteiger partial charge in [-0.25, -0.2) is 0 Å². The number of fused-ring (bicyclic) bond motifs is 1. The number of carbonyl (C=O) groups is 1. The van der Waals surface area contributed by atoms with Crippen molar-refractivity contribution >= 4 is 29.9 Å². The third kappa shape index (κ3) is 5.73. The lowest BCUT2D eigenvalue weighted by Crippen LogP contribution is -2.29. The average molecular weight is 365 g/mol. The van der Waals surface area contributed by atoms with E-state index in [1.54, 1.807) is 12.1 Å². The number of benzene rings is 1. The zero-order chi connectivity index (χ0) is 16.1. The molecule has 8 heteroatoms. The Morgan fingerprint density at radius 3 is 2.83 bits per heavy atom. The van der Waals surface area contributed by atoms with Crippen LogP contribution >= 0.6 is 24.0 Å². The van der Waals surface area contributed by atoms with Crippen LogP contribution in [-0.4, -0.2) is 36.8 Å². The fourth-order valence-electron chi connectivity index (χ4n) is 2.10. The molecule has 0 radical (unpaired) electrons. The summed E-state index contributed by atoms with van der Waals surface area (Å²) >= 11 is 6.12. The minimum absolute atomic E-state index is 0. The smallest absolute Gasteiger partial charge is 0.220 e. The van der Waals surface area contributed by atoms with Crippen LogP contribution in [0.25, 0.3) is 0 Å². The van der Waals surface area contributed by atoms with E-state index >= 15 is 0 Å². The highest BCUT2D eigenvalue weighted by molar-refractivity contribution is 6.32. The fraction of sp³-hybridized carbons (Fsp3) is 0.533. The number of rotatable bonds is 6. The topological polar surface area (TPSA) is 93.8 Å². The predicted octanol–water partition coefficient (Wildman–Crippen LogP) is 1.81. The van der Waals surface area contributed by atoms with Crippen molar-refractivity contribution in [1.29, 1.82) is 0 Å². The van der Waals surface area contributed by atoms with E-state index in [4.69, 9.17) is 26.8 Å². The van der Waals surface area contributed by atoms with E-state index in [0.29, 0.717) is 48.1 Å². The van der Waals surface area contributed by atoms with Crippen LogP contribution in [0.4, 0.5) is 0 Å². The normalized spacial score (nSPS) is 15.3. The SMILES string of the molecule is CC(N)CCC(=O)NCC(O)c1cc(Cl)c2c(c1)OCCO2.Cl. The predicted molar refractivity (Wildman–Crippen MR) is 90.5 cm³/mol. The zero-order valence-electron chi connectivity index (χ0n) is 12.9. The highest BCUT2D eigenvalue weighted by Crippen LogP contribution is 2.39. The van der Waals surface area contributed by atoms with Crippen molar-refractivity contribution < 1.29 is 19.4 Å². The first kappa shape index (κ1) is 19.8. The van der Waals surface area contributed by atoms with Crippen LogP contribution in [0.2, 0.25) is 5.02 Å². The maximum absolute atomic E-state index is 11.6. The van der Waals surface area contributed by atoms with E-state index in [-0.39, 0.29) is 30.9 Å². The summed E-state index contributed by atoms with van der Waals surface area (Å²) in [7, 11) is 0. The molecular weight excluding hydrogens is 343 g/mol. The van der Waals surface area contributed by atoms with Gasteiger partial charge in [-0.3, -0.25) is 4.79 Å². The molecule has 23 heavy (non-hydrogen) atoms. The van der Waals surface area contributed by atoms with Crippen molar-refractivity contribution in [1.82, 2.24) is 5.32 Å². The van der Waals surface area contributed by atoms with Crippen LogP contribution in [-0.2, 0) is 4.79 Å². The summed E-state index contributed by atoms with van der Waals surface area (Å²) in [6.45, 7) is 2.84. The summed E-state index contributed by atoms with van der Waals surface area (Å²) in [5.41, 5.74) is 6.17. The number of nitrogens with two attached hydrogens (primary N) is 1. The first-order chi connectivity index (χ1) is 10.5. The lowest BCUT2D eigenvalue weighted by molar-refractivity contribution is -0.121. The van der Waals surface area contributed by atoms with Crippen molar-refractivity contribution in [2.75, 3.05) is 19.8 Å². The van der Waals surface area contributed by atoms with Crippen molar-refractivity contribution in [3.63, 3.8) is 0 Å². The number of carbonyl (C=O) groups excluding carboxylic acids is 1. The van der Waals surface area contributed by atoms with Gasteiger partial charge in [-0.05, 0) is 31.0 Å². The van der Waals surface area contributed by atoms with Crippen LogP contribution in [0, 0.1) is 0 Å². The number of aliphatic hydroxyl groups excluding tert-OH is 1. The molecule has 0 saturated carbocycles. The number of amides is 1. The number of hydrogen-bond acceptors (Lipinski definition) is 5. The molecule has 1 aliphatic rings. The van der Waals surface area contributed by atoms with E-state index in [2.05, 4.69) is 5.32 Å². The quantitative estimate of drug-likeness (QED) is 0.715. The van der Waals surface area contributed by atoms with Gasteiger partial charge in [-0.1, -0.05) is 11.6 Å². The van der Waals surface area contributed by atoms with Crippen LogP contribution in [0.3, 0.4) is 0 Å². The van der Waals surface area contributed by atoms with Crippen LogP contribution in [0.15, 0.2) is 12.1 Å². The number of halogens is 2. The Balaban J connectivity index is 0.00000264. The standard InChI is InChI=1S/C15H21ClN2O4.ClH/c1-9(17)2-3-14(20)18-8-12(19)10-6-11(16)15-13(7-10)21-4-5-22-15;/h6-7,9,12,19H,2-5,8,17H2,1H3,(H,18,20);1H. The zero-order valence-corrected chi connectivity index (χ0v) is 14.5. The number of aliphatic hydroxyl groups is 1. The summed E-state index contributed by atoms with van der Waals surface area (Å²) in [4.78, 5) is 11.6. The Bertz CT molecular complexity index is 540. The summed E-state index contributed by atoms with van der Waals surface area (Å²) in [6.07, 6.45) is 0.0805. The van der Waals surface area contributed by atoms with Gasteiger partial charge in [-0.15, -0.1) is 12.4 Å². The van der Waals surface area contributed by atoms with E-state index in [1.807, 2.05) is 6.92 Å². The minimum Gasteiger partial charge on any atom is -0.486 e. The lowest BCUT2D eigenvalue weighted by atomic mass is 10.1. The number of hydrogen-bond donors (Lipinski definition) is 3. The Morgan fingerprint density at radius 2 is 2.13 bits per heavy atom. The average Bonchev–Trinajstić information content (AvgIpc) is 2.50. The molecule has 1 aliphatic heterocycles. The van der Waals surface area contributed by atoms with Crippen molar-refractivity contribution in [3.8, 4) is 11.5 Å². The van der Waals surface area contributed by atoms with Crippen molar-refractivity contribution in [2.24, 2.45) is 5.73 Å². The molecule has 2 unspecified atom stereocenters. The Hall–Kier alpha value is -1.21. The van der Waals surface area contributed by atoms with Gasteiger partial charge in [0.15, 0.2) is 11.5 Å². The Labute approximate surface area is 146 Å². The van der Waals surface area contributed by atoms with Gasteiger partial charge in [0.2, 0.25) is 5.91 Å². The summed E-state index contributed by atoms with van der Waals surface area (Å²) in [5.74, 6) is 0.862. The van der Waals surface area contributed by atoms with Crippen LogP contribution < -0.4 is 20.5 Å². The monoisotopic (exact) mass is 364 g/mol. The molecule has 0 spiro atoms. The largest absolute Gasteiger partial charge is 0.486 e. The molecule has 1 aromatic rings. The fourth-order valence-corrected chi connectivity index (χ4v) is 2.37. The van der Waals surface area contributed by atoms with Crippen molar-refractivity contribution in [2.45, 2.75) is 31.9 Å². The second-order valence-electron chi connectivity index (χ2n) is 5.36. The Kier molecular flexibility index (Phi) is 7.91. The molecule has 0 aliphatic carbocycles. The van der Waals surface area contributed by atoms with Gasteiger partial charge < -0.3 is 25.6 Å². The maximum Gasteiger partial charge on any atom is 0.220 e. The third-order valence-corrected chi connectivity index (χ3v) is 3.60. The first-order valence-electron chi connectivity index (χ1n) is 7.26. The molecule has 2 rings (SSSR count). The second-order valence-corrected chi connectivity index (χ2v) is 5.77. The molecule has 2 atom stereocenters. The van der Waals surface area contributed by atoms with Gasteiger partial charge in [0.1, 0.15) is 13.2 Å². The molecule has 1 aromatic carbocycles. The van der Waals surface area contributed by atoms with Crippen LogP contribution in [0.5, 0.6) is 11.5 Å².